The van der Waals surface area contributed by atoms with Gasteiger partial charge >= 0.3 is 5.97 Å². The second-order valence-electron chi connectivity index (χ2n) is 8.71. The van der Waals surface area contributed by atoms with Crippen LogP contribution in [0.25, 0.3) is 6.08 Å². The molecule has 174 valence electrons. The molecule has 0 N–H and O–H groups in total. The second-order valence-corrected chi connectivity index (χ2v) is 9.09. The number of benzene rings is 1. The number of allylic oxidation sites excluding steroid dienone is 4. The number of hydrogen-bond acceptors (Lipinski definition) is 5. The van der Waals surface area contributed by atoms with Crippen LogP contribution in [0.15, 0.2) is 50.6 Å². The van der Waals surface area contributed by atoms with Crippen LogP contribution in [-0.2, 0) is 20.7 Å². The lowest BCUT2D eigenvalue weighted by Gasteiger charge is -2.36. The topological polar surface area (TPSA) is 65.0 Å². The number of hydrogen-bond donors (Lipinski definition) is 0. The highest BCUT2D eigenvalue weighted by Crippen LogP contribution is 2.46. The molecule has 33 heavy (non-hydrogen) atoms. The van der Waals surface area contributed by atoms with Crippen molar-refractivity contribution in [3.8, 4) is 5.75 Å². The molecule has 0 spiro atoms. The Morgan fingerprint density at radius 3 is 2.70 bits per heavy atom. The van der Waals surface area contributed by atoms with E-state index in [1.54, 1.807) is 14.0 Å². The molecule has 1 saturated carbocycles. The Hall–Kier alpha value is -2.66. The van der Waals surface area contributed by atoms with Gasteiger partial charge in [0.25, 0.3) is 0 Å². The zero-order valence-electron chi connectivity index (χ0n) is 19.7. The first-order chi connectivity index (χ1) is 15.9. The number of aliphatic imine (C=N–C) groups is 1. The maximum Gasteiger partial charge on any atom is 0.336 e. The van der Waals surface area contributed by atoms with Gasteiger partial charge in [0.2, 0.25) is 0 Å². The summed E-state index contributed by atoms with van der Waals surface area (Å²) in [5.41, 5.74) is 5.89. The number of nitrogens with zero attached hydrogens (tertiary/aromatic N) is 1. The Kier molecular flexibility index (Phi) is 6.89. The molecule has 6 heteroatoms. The number of ketones is 1. The number of ether oxygens (including phenoxy) is 2. The molecule has 1 heterocycles. The van der Waals surface area contributed by atoms with Gasteiger partial charge in [-0.15, -0.1) is 0 Å². The minimum Gasteiger partial charge on any atom is -0.497 e. The van der Waals surface area contributed by atoms with E-state index in [1.165, 1.54) is 0 Å². The van der Waals surface area contributed by atoms with Gasteiger partial charge in [-0.05, 0) is 80.0 Å². The summed E-state index contributed by atoms with van der Waals surface area (Å²) in [6, 6.07) is 5.99. The van der Waals surface area contributed by atoms with E-state index in [-0.39, 0.29) is 12.4 Å². The molecule has 0 amide bonds. The molecule has 2 unspecified atom stereocenters. The maximum absolute atomic E-state index is 13.2. The summed E-state index contributed by atoms with van der Waals surface area (Å²) in [4.78, 5) is 31.1. The molecule has 1 aliphatic heterocycles. The Morgan fingerprint density at radius 1 is 1.21 bits per heavy atom. The van der Waals surface area contributed by atoms with Crippen molar-refractivity contribution >= 4 is 35.1 Å². The van der Waals surface area contributed by atoms with Crippen LogP contribution in [0.2, 0.25) is 0 Å². The van der Waals surface area contributed by atoms with Crippen LogP contribution in [0.4, 0.5) is 0 Å². The number of fused-ring (bicyclic) bond motifs is 2. The average molecular weight is 468 g/mol. The summed E-state index contributed by atoms with van der Waals surface area (Å²) < 4.78 is 10.9. The van der Waals surface area contributed by atoms with Crippen molar-refractivity contribution in [1.82, 2.24) is 0 Å². The third kappa shape index (κ3) is 4.31. The lowest BCUT2D eigenvalue weighted by molar-refractivity contribution is -0.139. The lowest BCUT2D eigenvalue weighted by Crippen LogP contribution is -2.41. The van der Waals surface area contributed by atoms with Gasteiger partial charge in [0.1, 0.15) is 11.5 Å². The van der Waals surface area contributed by atoms with Crippen LogP contribution in [0, 0.1) is 11.8 Å². The zero-order valence-corrected chi connectivity index (χ0v) is 20.4. The molecule has 4 rings (SSSR count). The summed E-state index contributed by atoms with van der Waals surface area (Å²) in [6.07, 6.45) is 5.52. The number of esters is 1. The smallest absolute Gasteiger partial charge is 0.336 e. The Balaban J connectivity index is 1.97. The van der Waals surface area contributed by atoms with Crippen molar-refractivity contribution in [1.29, 1.82) is 0 Å². The molecule has 5 nitrogen and oxygen atoms in total. The van der Waals surface area contributed by atoms with Crippen molar-refractivity contribution in [2.24, 2.45) is 16.8 Å². The Labute approximate surface area is 200 Å². The fourth-order valence-electron chi connectivity index (χ4n) is 5.17. The average Bonchev–Trinajstić information content (AvgIpc) is 2.94. The lowest BCUT2D eigenvalue weighted by atomic mass is 9.68. The number of Topliss-reactive ketones (excluding diaryl/α,β-unsaturated/α-hetero) is 1. The van der Waals surface area contributed by atoms with Crippen LogP contribution in [0.5, 0.6) is 5.75 Å². The van der Waals surface area contributed by atoms with Crippen molar-refractivity contribution in [3.63, 3.8) is 0 Å². The third-order valence-electron chi connectivity index (χ3n) is 6.80. The van der Waals surface area contributed by atoms with Crippen molar-refractivity contribution < 1.29 is 19.1 Å². The van der Waals surface area contributed by atoms with E-state index in [0.29, 0.717) is 29.1 Å². The number of carbonyl (C=O) groups excluding carboxylic acids is 2. The summed E-state index contributed by atoms with van der Waals surface area (Å²) in [6.45, 7) is 5.94. The van der Waals surface area contributed by atoms with Gasteiger partial charge in [-0.3, -0.25) is 9.79 Å². The summed E-state index contributed by atoms with van der Waals surface area (Å²) >= 11 is 7.08. The normalized spacial score (nSPS) is 22.8. The summed E-state index contributed by atoms with van der Waals surface area (Å²) in [5.74, 6) is -0.586. The SMILES string of the molecule is CCOC(=O)C1=C(C)N=C2CCCC(=O)C2C1C1=Cc2cc(OC)ccc2CC(CC)=C1Cl. The predicted octanol–water partition coefficient (Wildman–Crippen LogP) is 5.81. The van der Waals surface area contributed by atoms with Crippen LogP contribution in [0.3, 0.4) is 0 Å². The highest BCUT2D eigenvalue weighted by molar-refractivity contribution is 6.33. The van der Waals surface area contributed by atoms with Gasteiger partial charge in [0, 0.05) is 28.8 Å². The fraction of sp³-hybridized carbons (Fsp3) is 0.444. The van der Waals surface area contributed by atoms with E-state index in [1.807, 2.05) is 25.1 Å². The van der Waals surface area contributed by atoms with Crippen LogP contribution < -0.4 is 4.74 Å². The predicted molar refractivity (Wildman–Crippen MR) is 130 cm³/mol. The van der Waals surface area contributed by atoms with Gasteiger partial charge in [0.15, 0.2) is 0 Å². The molecule has 1 aromatic rings. The molecule has 3 aliphatic rings. The molecular weight excluding hydrogens is 438 g/mol. The highest BCUT2D eigenvalue weighted by Gasteiger charge is 2.45. The van der Waals surface area contributed by atoms with Gasteiger partial charge in [-0.25, -0.2) is 4.79 Å². The van der Waals surface area contributed by atoms with E-state index >= 15 is 0 Å². The maximum atomic E-state index is 13.2. The monoisotopic (exact) mass is 467 g/mol. The number of rotatable bonds is 5. The van der Waals surface area contributed by atoms with Crippen LogP contribution >= 0.6 is 11.6 Å². The molecule has 0 saturated heterocycles. The molecule has 0 bridgehead atoms. The molecule has 1 fully saturated rings. The molecule has 0 aromatic heterocycles. The first kappa shape index (κ1) is 23.5. The van der Waals surface area contributed by atoms with Gasteiger partial charge in [-0.1, -0.05) is 24.6 Å². The summed E-state index contributed by atoms with van der Waals surface area (Å²) in [7, 11) is 1.64. The van der Waals surface area contributed by atoms with Gasteiger partial charge in [0.05, 0.1) is 25.2 Å². The molecular formula is C27H30ClNO4. The van der Waals surface area contributed by atoms with Gasteiger partial charge in [-0.2, -0.15) is 0 Å². The first-order valence-electron chi connectivity index (χ1n) is 11.6. The van der Waals surface area contributed by atoms with Crippen molar-refractivity contribution in [2.45, 2.75) is 52.9 Å². The highest BCUT2D eigenvalue weighted by atomic mass is 35.5. The van der Waals surface area contributed by atoms with Crippen LogP contribution in [-0.4, -0.2) is 31.2 Å². The van der Waals surface area contributed by atoms with E-state index in [9.17, 15) is 9.59 Å². The van der Waals surface area contributed by atoms with E-state index in [4.69, 9.17) is 26.1 Å². The Morgan fingerprint density at radius 2 is 2.00 bits per heavy atom. The van der Waals surface area contributed by atoms with Gasteiger partial charge < -0.3 is 9.47 Å². The standard InChI is InChI=1S/C27H30ClNO4/c1-5-16-12-17-10-11-19(32-4)13-18(17)14-20(26(16)28)24-23(27(31)33-6-2)15(3)29-21-8-7-9-22(30)25(21)24/h10-11,13-14,24-25H,5-9,12H2,1-4H3. The van der Waals surface area contributed by atoms with E-state index < -0.39 is 17.8 Å². The first-order valence-corrected chi connectivity index (χ1v) is 12.0. The quantitative estimate of drug-likeness (QED) is 0.512. The number of halogens is 1. The van der Waals surface area contributed by atoms with Crippen molar-refractivity contribution in [3.05, 3.63) is 56.8 Å². The summed E-state index contributed by atoms with van der Waals surface area (Å²) in [5, 5.41) is 0.631. The van der Waals surface area contributed by atoms with E-state index in [2.05, 4.69) is 13.0 Å². The number of methoxy groups -OCH3 is 1. The van der Waals surface area contributed by atoms with Crippen molar-refractivity contribution in [2.75, 3.05) is 13.7 Å². The molecule has 1 aromatic carbocycles. The molecule has 2 aliphatic carbocycles. The van der Waals surface area contributed by atoms with E-state index in [0.717, 1.165) is 53.0 Å². The second kappa shape index (κ2) is 9.68. The minimum atomic E-state index is -0.518. The molecule has 0 radical (unpaired) electrons. The molecule has 2 atom stereocenters. The fourth-order valence-corrected chi connectivity index (χ4v) is 5.55. The third-order valence-corrected chi connectivity index (χ3v) is 7.28. The minimum absolute atomic E-state index is 0.109. The Bertz CT molecular complexity index is 1120. The zero-order chi connectivity index (χ0) is 23.7. The van der Waals surface area contributed by atoms with Crippen LogP contribution in [0.1, 0.15) is 57.6 Å². The largest absolute Gasteiger partial charge is 0.497 e. The number of carbonyl (C=O) groups is 2.